The molecule has 0 radical (unpaired) electrons. The number of aryl methyl sites for hydroxylation is 1. The molecule has 1 heterocycles. The van der Waals surface area contributed by atoms with Gasteiger partial charge in [-0.2, -0.15) is 0 Å². The van der Waals surface area contributed by atoms with Crippen LogP contribution in [0, 0.1) is 12.3 Å². The van der Waals surface area contributed by atoms with Crippen molar-refractivity contribution < 1.29 is 8.42 Å². The molecule has 1 aromatic heterocycles. The summed E-state index contributed by atoms with van der Waals surface area (Å²) < 4.78 is 26.8. The molecule has 0 atom stereocenters. The summed E-state index contributed by atoms with van der Waals surface area (Å²) in [7, 11) is 0.0687. The Hall–Kier alpha value is -0.430. The van der Waals surface area contributed by atoms with E-state index in [2.05, 4.69) is 5.32 Å². The zero-order valence-corrected chi connectivity index (χ0v) is 14.2. The van der Waals surface area contributed by atoms with Crippen LogP contribution in [-0.2, 0) is 16.6 Å². The maximum absolute atomic E-state index is 12.7. The molecule has 0 saturated heterocycles. The molecule has 0 amide bonds. The van der Waals surface area contributed by atoms with Gasteiger partial charge >= 0.3 is 0 Å². The first-order valence-electron chi connectivity index (χ1n) is 6.27. The molecule has 4 nitrogen and oxygen atoms in total. The molecule has 0 aromatic carbocycles. The third kappa shape index (κ3) is 4.02. The van der Waals surface area contributed by atoms with Crippen molar-refractivity contribution in [3.05, 3.63) is 15.8 Å². The van der Waals surface area contributed by atoms with Gasteiger partial charge < -0.3 is 5.32 Å². The Bertz CT molecular complexity index is 527. The van der Waals surface area contributed by atoms with Crippen LogP contribution in [0.4, 0.5) is 0 Å². The van der Waals surface area contributed by atoms with Gasteiger partial charge in [0.05, 0.1) is 0 Å². The molecular formula is C13H24N2O2S2. The Labute approximate surface area is 120 Å². The summed E-state index contributed by atoms with van der Waals surface area (Å²) in [5.41, 5.74) is 0.769. The van der Waals surface area contributed by atoms with E-state index in [1.165, 1.54) is 15.6 Å². The molecule has 0 fully saturated rings. The maximum atomic E-state index is 12.7. The summed E-state index contributed by atoms with van der Waals surface area (Å²) in [5.74, 6) is 0. The average Bonchev–Trinajstić information content (AvgIpc) is 2.58. The lowest BCUT2D eigenvalue weighted by Gasteiger charge is -2.26. The van der Waals surface area contributed by atoms with Gasteiger partial charge in [-0.3, -0.25) is 0 Å². The van der Waals surface area contributed by atoms with Gasteiger partial charge in [0.15, 0.2) is 0 Å². The molecule has 19 heavy (non-hydrogen) atoms. The van der Waals surface area contributed by atoms with Gasteiger partial charge in [-0.1, -0.05) is 20.8 Å². The summed E-state index contributed by atoms with van der Waals surface area (Å²) in [6, 6.07) is 0. The van der Waals surface area contributed by atoms with E-state index in [1.807, 2.05) is 40.1 Å². The molecule has 0 saturated carbocycles. The molecule has 110 valence electrons. The van der Waals surface area contributed by atoms with Crippen LogP contribution in [0.5, 0.6) is 0 Å². The van der Waals surface area contributed by atoms with Crippen molar-refractivity contribution in [1.29, 1.82) is 0 Å². The van der Waals surface area contributed by atoms with Gasteiger partial charge in [-0.25, -0.2) is 12.7 Å². The van der Waals surface area contributed by atoms with Crippen molar-refractivity contribution in [3.63, 3.8) is 0 Å². The molecule has 0 unspecified atom stereocenters. The first-order valence-corrected chi connectivity index (χ1v) is 8.59. The summed E-state index contributed by atoms with van der Waals surface area (Å²) in [6.45, 7) is 9.05. The van der Waals surface area contributed by atoms with Gasteiger partial charge in [0.1, 0.15) is 4.90 Å². The fourth-order valence-corrected chi connectivity index (χ4v) is 5.19. The Kier molecular flexibility index (Phi) is 5.17. The number of hydrogen-bond acceptors (Lipinski definition) is 4. The number of sulfonamides is 1. The average molecular weight is 304 g/mol. The van der Waals surface area contributed by atoms with Gasteiger partial charge in [0.25, 0.3) is 0 Å². The minimum absolute atomic E-state index is 0.0606. The number of rotatable bonds is 5. The molecule has 0 spiro atoms. The number of hydrogen-bond donors (Lipinski definition) is 1. The highest BCUT2D eigenvalue weighted by molar-refractivity contribution is 7.89. The molecule has 0 aliphatic heterocycles. The van der Waals surface area contributed by atoms with Gasteiger partial charge in [0, 0.05) is 25.0 Å². The van der Waals surface area contributed by atoms with E-state index in [9.17, 15) is 8.42 Å². The first kappa shape index (κ1) is 16.6. The minimum Gasteiger partial charge on any atom is -0.315 e. The minimum atomic E-state index is -3.41. The molecule has 0 aliphatic rings. The van der Waals surface area contributed by atoms with Crippen LogP contribution < -0.4 is 5.32 Å². The Balaban J connectivity index is 3.16. The van der Waals surface area contributed by atoms with E-state index in [1.54, 1.807) is 7.05 Å². The topological polar surface area (TPSA) is 49.4 Å². The SMILES string of the molecule is CNCc1scc(C)c1S(=O)(=O)N(C)CC(C)(C)C. The van der Waals surface area contributed by atoms with Crippen LogP contribution in [0.2, 0.25) is 0 Å². The smallest absolute Gasteiger partial charge is 0.244 e. The lowest BCUT2D eigenvalue weighted by Crippen LogP contribution is -2.35. The summed E-state index contributed by atoms with van der Waals surface area (Å²) >= 11 is 1.49. The Morgan fingerprint density at radius 3 is 2.42 bits per heavy atom. The maximum Gasteiger partial charge on any atom is 0.244 e. The Morgan fingerprint density at radius 2 is 1.95 bits per heavy atom. The molecule has 0 bridgehead atoms. The van der Waals surface area contributed by atoms with Crippen LogP contribution in [0.1, 0.15) is 31.2 Å². The van der Waals surface area contributed by atoms with Crippen LogP contribution >= 0.6 is 11.3 Å². The highest BCUT2D eigenvalue weighted by atomic mass is 32.2. The summed E-state index contributed by atoms with van der Waals surface area (Å²) in [5, 5.41) is 4.93. The van der Waals surface area contributed by atoms with Gasteiger partial charge in [-0.15, -0.1) is 11.3 Å². The molecular weight excluding hydrogens is 280 g/mol. The summed E-state index contributed by atoms with van der Waals surface area (Å²) in [4.78, 5) is 1.35. The second-order valence-corrected chi connectivity index (χ2v) is 8.97. The van der Waals surface area contributed by atoms with Crippen LogP contribution in [0.25, 0.3) is 0 Å². The normalized spacial score (nSPS) is 13.2. The zero-order valence-electron chi connectivity index (χ0n) is 12.6. The number of thiophene rings is 1. The second-order valence-electron chi connectivity index (χ2n) is 6.02. The fourth-order valence-electron chi connectivity index (χ4n) is 2.03. The molecule has 0 aliphatic carbocycles. The van der Waals surface area contributed by atoms with Crippen molar-refractivity contribution >= 4 is 21.4 Å². The van der Waals surface area contributed by atoms with Crippen molar-refractivity contribution in [3.8, 4) is 0 Å². The van der Waals surface area contributed by atoms with E-state index in [4.69, 9.17) is 0 Å². The standard InChI is InChI=1S/C13H24N2O2S2/c1-10-8-18-11(7-14-5)12(10)19(16,17)15(6)9-13(2,3)4/h8,14H,7,9H2,1-6H3. The quantitative estimate of drug-likeness (QED) is 0.909. The molecule has 1 aromatic rings. The van der Waals surface area contributed by atoms with Crippen molar-refractivity contribution in [2.45, 2.75) is 39.1 Å². The molecule has 6 heteroatoms. The fraction of sp³-hybridized carbons (Fsp3) is 0.692. The predicted octanol–water partition coefficient (Wildman–Crippen LogP) is 2.44. The van der Waals surface area contributed by atoms with E-state index in [-0.39, 0.29) is 5.41 Å². The van der Waals surface area contributed by atoms with E-state index >= 15 is 0 Å². The van der Waals surface area contributed by atoms with Crippen molar-refractivity contribution in [2.75, 3.05) is 20.6 Å². The Morgan fingerprint density at radius 1 is 1.37 bits per heavy atom. The van der Waals surface area contributed by atoms with Crippen LogP contribution in [0.15, 0.2) is 10.3 Å². The first-order chi connectivity index (χ1) is 8.59. The van der Waals surface area contributed by atoms with Gasteiger partial charge in [0.2, 0.25) is 10.0 Å². The second kappa shape index (κ2) is 5.91. The lowest BCUT2D eigenvalue weighted by molar-refractivity contribution is 0.310. The van der Waals surface area contributed by atoms with Crippen molar-refractivity contribution in [1.82, 2.24) is 9.62 Å². The zero-order chi connectivity index (χ0) is 14.8. The predicted molar refractivity (Wildman–Crippen MR) is 81.1 cm³/mol. The monoisotopic (exact) mass is 304 g/mol. The van der Waals surface area contributed by atoms with Crippen LogP contribution in [0.3, 0.4) is 0 Å². The third-order valence-corrected chi connectivity index (χ3v) is 5.96. The highest BCUT2D eigenvalue weighted by Gasteiger charge is 2.29. The van der Waals surface area contributed by atoms with E-state index in [0.29, 0.717) is 18.0 Å². The largest absolute Gasteiger partial charge is 0.315 e. The molecule has 1 rings (SSSR count). The molecule has 1 N–H and O–H groups in total. The third-order valence-electron chi connectivity index (χ3n) is 2.69. The number of nitrogens with zero attached hydrogens (tertiary/aromatic N) is 1. The number of nitrogens with one attached hydrogen (secondary N) is 1. The van der Waals surface area contributed by atoms with E-state index < -0.39 is 10.0 Å². The lowest BCUT2D eigenvalue weighted by atomic mass is 9.97. The highest BCUT2D eigenvalue weighted by Crippen LogP contribution is 2.30. The van der Waals surface area contributed by atoms with Crippen molar-refractivity contribution in [2.24, 2.45) is 5.41 Å². The van der Waals surface area contributed by atoms with E-state index in [0.717, 1.165) is 10.4 Å². The van der Waals surface area contributed by atoms with Gasteiger partial charge in [-0.05, 0) is 30.3 Å². The van der Waals surface area contributed by atoms with Crippen LogP contribution in [-0.4, -0.2) is 33.4 Å². The summed E-state index contributed by atoms with van der Waals surface area (Å²) in [6.07, 6.45) is 0.